The third kappa shape index (κ3) is 1.88. The van der Waals surface area contributed by atoms with Crippen LogP contribution in [-0.2, 0) is 7.05 Å². The minimum Gasteiger partial charge on any atom is -0.292 e. The van der Waals surface area contributed by atoms with Crippen LogP contribution in [0.2, 0.25) is 0 Å². The Balaban J connectivity index is 2.95. The first kappa shape index (κ1) is 9.77. The van der Waals surface area contributed by atoms with Crippen molar-refractivity contribution in [1.29, 1.82) is 0 Å². The van der Waals surface area contributed by atoms with E-state index >= 15 is 0 Å². The van der Waals surface area contributed by atoms with Crippen molar-refractivity contribution in [1.82, 2.24) is 14.8 Å². The lowest BCUT2D eigenvalue weighted by molar-refractivity contribution is 0.555. The van der Waals surface area contributed by atoms with Crippen LogP contribution in [0.4, 0.5) is 0 Å². The van der Waals surface area contributed by atoms with E-state index < -0.39 is 0 Å². The third-order valence-electron chi connectivity index (χ3n) is 2.38. The number of aryl methyl sites for hydroxylation is 1. The van der Waals surface area contributed by atoms with E-state index in [2.05, 4.69) is 16.7 Å². The van der Waals surface area contributed by atoms with E-state index in [1.54, 1.807) is 7.05 Å². The van der Waals surface area contributed by atoms with Crippen molar-refractivity contribution in [3.63, 3.8) is 0 Å². The van der Waals surface area contributed by atoms with Gasteiger partial charge in [0.1, 0.15) is 5.82 Å². The number of nitrogens with zero attached hydrogens (tertiary/aromatic N) is 2. The number of aromatic amines is 1. The summed E-state index contributed by atoms with van der Waals surface area (Å²) in [7, 11) is 1.63. The Kier molecular flexibility index (Phi) is 2.70. The molecule has 0 saturated heterocycles. The number of hydrogen-bond acceptors (Lipinski definition) is 2. The fraction of sp³-hybridized carbons (Fsp3) is 0.556. The summed E-state index contributed by atoms with van der Waals surface area (Å²) in [5.41, 5.74) is -0.168. The van der Waals surface area contributed by atoms with Crippen molar-refractivity contribution in [2.24, 2.45) is 13.0 Å². The zero-order valence-electron chi connectivity index (χ0n) is 8.24. The Morgan fingerprint density at radius 1 is 1.62 bits per heavy atom. The zero-order valence-corrected chi connectivity index (χ0v) is 8.24. The molecule has 2 unspecified atom stereocenters. The number of hydrogen-bond donors (Lipinski definition) is 1. The van der Waals surface area contributed by atoms with Gasteiger partial charge >= 0.3 is 5.69 Å². The van der Waals surface area contributed by atoms with Gasteiger partial charge in [0, 0.05) is 13.0 Å². The van der Waals surface area contributed by atoms with E-state index in [-0.39, 0.29) is 11.6 Å². The highest BCUT2D eigenvalue weighted by Crippen LogP contribution is 2.20. The molecule has 1 heterocycles. The molecule has 1 aromatic heterocycles. The molecule has 0 aromatic carbocycles. The maximum atomic E-state index is 11.1. The van der Waals surface area contributed by atoms with Gasteiger partial charge in [-0.1, -0.05) is 19.9 Å². The first-order valence-electron chi connectivity index (χ1n) is 4.32. The summed E-state index contributed by atoms with van der Waals surface area (Å²) in [6, 6.07) is 0. The molecule has 0 bridgehead atoms. The highest BCUT2D eigenvalue weighted by molar-refractivity contribution is 4.98. The summed E-state index contributed by atoms with van der Waals surface area (Å²) in [6.45, 7) is 7.77. The molecule has 2 atom stereocenters. The second-order valence-corrected chi connectivity index (χ2v) is 3.32. The van der Waals surface area contributed by atoms with Crippen LogP contribution in [-0.4, -0.2) is 14.8 Å². The molecule has 0 aliphatic carbocycles. The van der Waals surface area contributed by atoms with Crippen molar-refractivity contribution >= 4 is 0 Å². The highest BCUT2D eigenvalue weighted by Gasteiger charge is 2.15. The van der Waals surface area contributed by atoms with Crippen LogP contribution in [0.5, 0.6) is 0 Å². The van der Waals surface area contributed by atoms with Crippen molar-refractivity contribution in [3.8, 4) is 0 Å². The van der Waals surface area contributed by atoms with Gasteiger partial charge in [-0.2, -0.15) is 5.10 Å². The second kappa shape index (κ2) is 3.60. The van der Waals surface area contributed by atoms with Gasteiger partial charge in [0.25, 0.3) is 0 Å². The van der Waals surface area contributed by atoms with Crippen molar-refractivity contribution in [3.05, 3.63) is 29.0 Å². The minimum atomic E-state index is -0.168. The number of aromatic nitrogens is 3. The van der Waals surface area contributed by atoms with Crippen molar-refractivity contribution in [2.45, 2.75) is 19.8 Å². The van der Waals surface area contributed by atoms with Gasteiger partial charge in [0.15, 0.2) is 0 Å². The normalized spacial score (nSPS) is 15.3. The average molecular weight is 181 g/mol. The first-order chi connectivity index (χ1) is 6.06. The van der Waals surface area contributed by atoms with E-state index in [9.17, 15) is 4.79 Å². The Bertz CT molecular complexity index is 350. The molecule has 72 valence electrons. The summed E-state index contributed by atoms with van der Waals surface area (Å²) in [5.74, 6) is 1.23. The number of nitrogens with one attached hydrogen (secondary N) is 1. The molecule has 0 fully saturated rings. The molecular weight excluding hydrogens is 166 g/mol. The van der Waals surface area contributed by atoms with Gasteiger partial charge in [-0.05, 0) is 5.92 Å². The van der Waals surface area contributed by atoms with Gasteiger partial charge < -0.3 is 0 Å². The lowest BCUT2D eigenvalue weighted by Gasteiger charge is -2.11. The topological polar surface area (TPSA) is 50.7 Å². The molecule has 4 heteroatoms. The Morgan fingerprint density at radius 3 is 2.62 bits per heavy atom. The van der Waals surface area contributed by atoms with E-state index in [0.717, 1.165) is 5.82 Å². The van der Waals surface area contributed by atoms with Gasteiger partial charge in [0.2, 0.25) is 0 Å². The molecular formula is C9H15N3O. The van der Waals surface area contributed by atoms with Crippen LogP contribution in [0.25, 0.3) is 0 Å². The lowest BCUT2D eigenvalue weighted by atomic mass is 9.96. The number of allylic oxidation sites excluding steroid dienone is 1. The Morgan fingerprint density at radius 2 is 2.23 bits per heavy atom. The molecule has 0 aliphatic heterocycles. The zero-order chi connectivity index (χ0) is 10.0. The molecule has 0 saturated carbocycles. The molecule has 4 nitrogen and oxygen atoms in total. The summed E-state index contributed by atoms with van der Waals surface area (Å²) in [4.78, 5) is 13.8. The predicted molar refractivity (Wildman–Crippen MR) is 51.6 cm³/mol. The fourth-order valence-electron chi connectivity index (χ4n) is 1.08. The van der Waals surface area contributed by atoms with Crippen LogP contribution in [0.1, 0.15) is 25.6 Å². The molecule has 0 spiro atoms. The molecule has 1 aromatic rings. The van der Waals surface area contributed by atoms with Crippen LogP contribution in [0.3, 0.4) is 0 Å². The smallest absolute Gasteiger partial charge is 0.292 e. The van der Waals surface area contributed by atoms with Gasteiger partial charge in [-0.25, -0.2) is 9.48 Å². The lowest BCUT2D eigenvalue weighted by Crippen LogP contribution is -2.13. The van der Waals surface area contributed by atoms with E-state index in [1.807, 2.05) is 19.9 Å². The molecule has 1 rings (SSSR count). The maximum Gasteiger partial charge on any atom is 0.343 e. The van der Waals surface area contributed by atoms with Crippen molar-refractivity contribution in [2.75, 3.05) is 0 Å². The number of H-pyrrole nitrogens is 1. The fourth-order valence-corrected chi connectivity index (χ4v) is 1.08. The highest BCUT2D eigenvalue weighted by atomic mass is 16.1. The average Bonchev–Trinajstić information content (AvgIpc) is 2.44. The molecule has 0 aliphatic rings. The standard InChI is InChI=1S/C9H15N3O/c1-5-6(2)7(3)8-10-9(13)12(4)11-8/h5-7H,1H2,2-4H3,(H,10,11,13). The van der Waals surface area contributed by atoms with Crippen LogP contribution < -0.4 is 5.69 Å². The van der Waals surface area contributed by atoms with Crippen LogP contribution in [0.15, 0.2) is 17.4 Å². The van der Waals surface area contributed by atoms with Gasteiger partial charge in [-0.3, -0.25) is 4.98 Å². The maximum absolute atomic E-state index is 11.1. The van der Waals surface area contributed by atoms with Crippen molar-refractivity contribution < 1.29 is 0 Å². The van der Waals surface area contributed by atoms with Crippen LogP contribution in [0, 0.1) is 5.92 Å². The van der Waals surface area contributed by atoms with E-state index in [1.165, 1.54) is 4.68 Å². The Hall–Kier alpha value is -1.32. The SMILES string of the molecule is C=CC(C)C(C)c1nn(C)c(=O)[nH]1. The van der Waals surface area contributed by atoms with Gasteiger partial charge in [0.05, 0.1) is 0 Å². The quantitative estimate of drug-likeness (QED) is 0.708. The summed E-state index contributed by atoms with van der Waals surface area (Å²) >= 11 is 0. The second-order valence-electron chi connectivity index (χ2n) is 3.32. The van der Waals surface area contributed by atoms with E-state index in [4.69, 9.17) is 0 Å². The van der Waals surface area contributed by atoms with E-state index in [0.29, 0.717) is 5.92 Å². The summed E-state index contributed by atoms with van der Waals surface area (Å²) in [5, 5.41) is 4.08. The summed E-state index contributed by atoms with van der Waals surface area (Å²) < 4.78 is 1.31. The first-order valence-corrected chi connectivity index (χ1v) is 4.32. The number of rotatable bonds is 3. The monoisotopic (exact) mass is 181 g/mol. The predicted octanol–water partition coefficient (Wildman–Crippen LogP) is 1.03. The van der Waals surface area contributed by atoms with Crippen LogP contribution >= 0.6 is 0 Å². The van der Waals surface area contributed by atoms with Gasteiger partial charge in [-0.15, -0.1) is 6.58 Å². The Labute approximate surface area is 77.3 Å². The summed E-state index contributed by atoms with van der Waals surface area (Å²) in [6.07, 6.45) is 1.86. The molecule has 0 radical (unpaired) electrons. The minimum absolute atomic E-state index is 0.168. The molecule has 1 N–H and O–H groups in total. The molecule has 13 heavy (non-hydrogen) atoms. The largest absolute Gasteiger partial charge is 0.343 e. The third-order valence-corrected chi connectivity index (χ3v) is 2.38. The molecule has 0 amide bonds.